The number of hydrogen-bond acceptors (Lipinski definition) is 3. The van der Waals surface area contributed by atoms with Gasteiger partial charge in [-0.15, -0.1) is 6.58 Å². The lowest BCUT2D eigenvalue weighted by Crippen LogP contribution is -1.97. The van der Waals surface area contributed by atoms with E-state index < -0.39 is 0 Å². The van der Waals surface area contributed by atoms with Crippen LogP contribution in [0.3, 0.4) is 0 Å². The molecule has 0 saturated carbocycles. The monoisotopic (exact) mass is 221 g/mol. The van der Waals surface area contributed by atoms with Crippen LogP contribution in [-0.2, 0) is 6.54 Å². The third-order valence-corrected chi connectivity index (χ3v) is 2.44. The molecule has 0 bridgehead atoms. The molecular weight excluding hydrogens is 210 g/mol. The first-order valence-electron chi connectivity index (χ1n) is 4.50. The number of aromatic amines is 1. The van der Waals surface area contributed by atoms with Gasteiger partial charge in [0, 0.05) is 12.6 Å². The number of ether oxygens (including phenoxy) is 1. The van der Waals surface area contributed by atoms with Gasteiger partial charge in [0.25, 0.3) is 0 Å². The van der Waals surface area contributed by atoms with Crippen LogP contribution in [0.4, 0.5) is 0 Å². The molecular formula is C10H11N3OS. The minimum absolute atomic E-state index is 0.578. The van der Waals surface area contributed by atoms with E-state index in [-0.39, 0.29) is 0 Å². The lowest BCUT2D eigenvalue weighted by molar-refractivity contribution is 0.399. The predicted molar refractivity (Wildman–Crippen MR) is 61.7 cm³/mol. The number of H-pyrrole nitrogens is 1. The SMILES string of the molecule is C=CCn1c(=S)[nH]c2ccc(OC)nc21. The minimum Gasteiger partial charge on any atom is -0.481 e. The highest BCUT2D eigenvalue weighted by Crippen LogP contribution is 2.16. The Hall–Kier alpha value is -1.62. The number of methoxy groups -OCH3 is 1. The lowest BCUT2D eigenvalue weighted by atomic mass is 10.4. The molecule has 0 unspecified atom stereocenters. The molecule has 0 amide bonds. The highest BCUT2D eigenvalue weighted by atomic mass is 32.1. The van der Waals surface area contributed by atoms with Crippen molar-refractivity contribution < 1.29 is 4.74 Å². The highest BCUT2D eigenvalue weighted by Gasteiger charge is 2.05. The van der Waals surface area contributed by atoms with Crippen LogP contribution in [0.25, 0.3) is 11.2 Å². The highest BCUT2D eigenvalue weighted by molar-refractivity contribution is 7.71. The fourth-order valence-electron chi connectivity index (χ4n) is 1.43. The standard InChI is InChI=1S/C10H11N3OS/c1-3-6-13-9-7(11-10(13)15)4-5-8(12-9)14-2/h3-5H,1,6H2,2H3,(H,11,15). The number of aromatic nitrogens is 3. The summed E-state index contributed by atoms with van der Waals surface area (Å²) in [4.78, 5) is 7.40. The Morgan fingerprint density at radius 3 is 3.13 bits per heavy atom. The van der Waals surface area contributed by atoms with Gasteiger partial charge in [0.1, 0.15) is 0 Å². The molecule has 2 aromatic rings. The Labute approximate surface area is 92.2 Å². The van der Waals surface area contributed by atoms with E-state index in [1.165, 1.54) is 0 Å². The summed E-state index contributed by atoms with van der Waals surface area (Å²) in [6.45, 7) is 4.32. The first-order valence-corrected chi connectivity index (χ1v) is 4.91. The Morgan fingerprint density at radius 2 is 2.47 bits per heavy atom. The largest absolute Gasteiger partial charge is 0.481 e. The van der Waals surface area contributed by atoms with Gasteiger partial charge in [-0.1, -0.05) is 6.08 Å². The summed E-state index contributed by atoms with van der Waals surface area (Å²) in [5.74, 6) is 0.578. The minimum atomic E-state index is 0.578. The lowest BCUT2D eigenvalue weighted by Gasteiger charge is -2.01. The molecule has 0 radical (unpaired) electrons. The van der Waals surface area contributed by atoms with Crippen molar-refractivity contribution in [3.8, 4) is 5.88 Å². The summed E-state index contributed by atoms with van der Waals surface area (Å²) in [6.07, 6.45) is 1.78. The van der Waals surface area contributed by atoms with E-state index in [2.05, 4.69) is 16.5 Å². The van der Waals surface area contributed by atoms with Gasteiger partial charge in [0.05, 0.1) is 12.6 Å². The molecule has 5 heteroatoms. The Kier molecular flexibility index (Phi) is 2.55. The molecule has 1 N–H and O–H groups in total. The number of pyridine rings is 1. The number of hydrogen-bond donors (Lipinski definition) is 1. The van der Waals surface area contributed by atoms with Crippen molar-refractivity contribution in [1.29, 1.82) is 0 Å². The zero-order chi connectivity index (χ0) is 10.8. The molecule has 2 aromatic heterocycles. The number of rotatable bonds is 3. The second-order valence-electron chi connectivity index (χ2n) is 3.05. The number of fused-ring (bicyclic) bond motifs is 1. The maximum atomic E-state index is 5.18. The maximum Gasteiger partial charge on any atom is 0.215 e. The smallest absolute Gasteiger partial charge is 0.215 e. The van der Waals surface area contributed by atoms with Crippen molar-refractivity contribution >= 4 is 23.4 Å². The molecule has 2 rings (SSSR count). The predicted octanol–water partition coefficient (Wildman–Crippen LogP) is 2.29. The van der Waals surface area contributed by atoms with Crippen LogP contribution in [0.5, 0.6) is 5.88 Å². The Balaban J connectivity index is 2.71. The summed E-state index contributed by atoms with van der Waals surface area (Å²) in [7, 11) is 1.59. The first kappa shape index (κ1) is 9.92. The molecule has 0 aliphatic rings. The molecule has 0 atom stereocenters. The van der Waals surface area contributed by atoms with Crippen LogP contribution >= 0.6 is 12.2 Å². The van der Waals surface area contributed by atoms with Gasteiger partial charge in [0.2, 0.25) is 5.88 Å². The van der Waals surface area contributed by atoms with Crippen molar-refractivity contribution in [2.45, 2.75) is 6.54 Å². The van der Waals surface area contributed by atoms with Crippen LogP contribution in [0.1, 0.15) is 0 Å². The summed E-state index contributed by atoms with van der Waals surface area (Å²) >= 11 is 5.18. The average Bonchev–Trinajstić information content (AvgIpc) is 2.55. The molecule has 78 valence electrons. The van der Waals surface area contributed by atoms with E-state index in [9.17, 15) is 0 Å². The number of nitrogens with zero attached hydrogens (tertiary/aromatic N) is 2. The Morgan fingerprint density at radius 1 is 1.67 bits per heavy atom. The van der Waals surface area contributed by atoms with Crippen LogP contribution < -0.4 is 4.74 Å². The van der Waals surface area contributed by atoms with E-state index in [0.717, 1.165) is 11.2 Å². The topological polar surface area (TPSA) is 42.8 Å². The van der Waals surface area contributed by atoms with Gasteiger partial charge in [-0.2, -0.15) is 4.98 Å². The van der Waals surface area contributed by atoms with Crippen molar-refractivity contribution in [3.63, 3.8) is 0 Å². The van der Waals surface area contributed by atoms with E-state index in [1.54, 1.807) is 19.3 Å². The zero-order valence-electron chi connectivity index (χ0n) is 8.36. The van der Waals surface area contributed by atoms with Gasteiger partial charge in [-0.3, -0.25) is 4.57 Å². The Bertz CT molecular complexity index is 555. The second-order valence-corrected chi connectivity index (χ2v) is 3.44. The maximum absolute atomic E-state index is 5.18. The van der Waals surface area contributed by atoms with Gasteiger partial charge < -0.3 is 9.72 Å². The average molecular weight is 221 g/mol. The van der Waals surface area contributed by atoms with E-state index in [4.69, 9.17) is 17.0 Å². The summed E-state index contributed by atoms with van der Waals surface area (Å²) in [6, 6.07) is 3.70. The van der Waals surface area contributed by atoms with Gasteiger partial charge in [0.15, 0.2) is 10.4 Å². The van der Waals surface area contributed by atoms with Crippen LogP contribution in [-0.4, -0.2) is 21.6 Å². The molecule has 0 aliphatic carbocycles. The van der Waals surface area contributed by atoms with Crippen LogP contribution in [0, 0.1) is 4.77 Å². The van der Waals surface area contributed by atoms with Crippen LogP contribution in [0.2, 0.25) is 0 Å². The summed E-state index contributed by atoms with van der Waals surface area (Å²) in [5, 5.41) is 0. The number of nitrogens with one attached hydrogen (secondary N) is 1. The van der Waals surface area contributed by atoms with Crippen molar-refractivity contribution in [2.75, 3.05) is 7.11 Å². The third-order valence-electron chi connectivity index (χ3n) is 2.11. The third kappa shape index (κ3) is 1.66. The first-order chi connectivity index (χ1) is 7.26. The molecule has 0 saturated heterocycles. The number of allylic oxidation sites excluding steroid dienone is 1. The number of imidazole rings is 1. The molecule has 2 heterocycles. The fraction of sp³-hybridized carbons (Fsp3) is 0.200. The van der Waals surface area contributed by atoms with E-state index in [0.29, 0.717) is 17.2 Å². The van der Waals surface area contributed by atoms with Gasteiger partial charge in [-0.05, 0) is 18.3 Å². The van der Waals surface area contributed by atoms with Gasteiger partial charge in [-0.25, -0.2) is 0 Å². The second kappa shape index (κ2) is 3.86. The normalized spacial score (nSPS) is 10.5. The van der Waals surface area contributed by atoms with E-state index in [1.807, 2.05) is 10.6 Å². The summed E-state index contributed by atoms with van der Waals surface area (Å²) in [5.41, 5.74) is 1.70. The zero-order valence-corrected chi connectivity index (χ0v) is 9.17. The quantitative estimate of drug-likeness (QED) is 0.638. The van der Waals surface area contributed by atoms with Crippen LogP contribution in [0.15, 0.2) is 24.8 Å². The summed E-state index contributed by atoms with van der Waals surface area (Å²) < 4.78 is 7.59. The van der Waals surface area contributed by atoms with Crippen molar-refractivity contribution in [3.05, 3.63) is 29.6 Å². The molecule has 0 aromatic carbocycles. The van der Waals surface area contributed by atoms with Gasteiger partial charge >= 0.3 is 0 Å². The van der Waals surface area contributed by atoms with Crippen molar-refractivity contribution in [2.24, 2.45) is 0 Å². The molecule has 15 heavy (non-hydrogen) atoms. The molecule has 4 nitrogen and oxygen atoms in total. The molecule has 0 fully saturated rings. The van der Waals surface area contributed by atoms with E-state index >= 15 is 0 Å². The molecule has 0 aliphatic heterocycles. The van der Waals surface area contributed by atoms with Crippen molar-refractivity contribution in [1.82, 2.24) is 14.5 Å². The fourth-order valence-corrected chi connectivity index (χ4v) is 1.70. The molecule has 0 spiro atoms.